The van der Waals surface area contributed by atoms with Crippen LogP contribution in [0, 0.1) is 10.1 Å². The van der Waals surface area contributed by atoms with Crippen LogP contribution in [0.4, 0.5) is 5.69 Å². The predicted octanol–water partition coefficient (Wildman–Crippen LogP) is 4.84. The van der Waals surface area contributed by atoms with Gasteiger partial charge in [-0.2, -0.15) is 4.31 Å². The van der Waals surface area contributed by atoms with Crippen LogP contribution in [0.1, 0.15) is 10.9 Å². The topological polar surface area (TPSA) is 80.5 Å². The largest absolute Gasteiger partial charge is 0.288 e. The molecule has 4 rings (SSSR count). The molecule has 1 saturated heterocycles. The van der Waals surface area contributed by atoms with Crippen LogP contribution in [-0.2, 0) is 10.0 Å². The molecule has 0 aliphatic carbocycles. The Kier molecular flexibility index (Phi) is 5.05. The molecule has 3 aromatic carbocycles. The van der Waals surface area contributed by atoms with E-state index in [4.69, 9.17) is 11.6 Å². The maximum Gasteiger partial charge on any atom is 0.288 e. The van der Waals surface area contributed by atoms with Crippen LogP contribution in [0.2, 0.25) is 5.02 Å². The molecule has 0 saturated carbocycles. The van der Waals surface area contributed by atoms with Gasteiger partial charge in [0.1, 0.15) is 5.02 Å². The molecule has 0 unspecified atom stereocenters. The van der Waals surface area contributed by atoms with Crippen LogP contribution in [0.5, 0.6) is 0 Å². The number of hydrogen-bond acceptors (Lipinski definition) is 5. The lowest BCUT2D eigenvalue weighted by atomic mass is 10.1. The van der Waals surface area contributed by atoms with E-state index in [-0.39, 0.29) is 15.6 Å². The van der Waals surface area contributed by atoms with E-state index in [1.807, 2.05) is 24.3 Å². The predicted molar refractivity (Wildman–Crippen MR) is 111 cm³/mol. The number of fused-ring (bicyclic) bond motifs is 1. The van der Waals surface area contributed by atoms with E-state index >= 15 is 0 Å². The molecule has 0 spiro atoms. The molecule has 1 aliphatic heterocycles. The summed E-state index contributed by atoms with van der Waals surface area (Å²) < 4.78 is 28.0. The molecule has 1 fully saturated rings. The van der Waals surface area contributed by atoms with Crippen molar-refractivity contribution in [2.24, 2.45) is 0 Å². The lowest BCUT2D eigenvalue weighted by Gasteiger charge is -2.23. The Balaban J connectivity index is 1.74. The Morgan fingerprint density at radius 1 is 1.07 bits per heavy atom. The molecule has 1 atom stereocenters. The summed E-state index contributed by atoms with van der Waals surface area (Å²) >= 11 is 7.33. The second-order valence-electron chi connectivity index (χ2n) is 6.32. The highest BCUT2D eigenvalue weighted by Crippen LogP contribution is 2.43. The second-order valence-corrected chi connectivity index (χ2v) is 9.80. The van der Waals surface area contributed by atoms with Crippen molar-refractivity contribution in [1.29, 1.82) is 0 Å². The van der Waals surface area contributed by atoms with Gasteiger partial charge >= 0.3 is 0 Å². The third-order valence-corrected chi connectivity index (χ3v) is 8.20. The zero-order chi connectivity index (χ0) is 19.9. The fourth-order valence-corrected chi connectivity index (χ4v) is 6.70. The standard InChI is InChI=1S/C19H15ClN2O4S2/c20-17-8-6-15(12-18(17)22(23)24)19-21(9-10-27-19)28(25,26)16-7-5-13-3-1-2-4-14(13)11-16/h1-8,11-12,19H,9-10H2/t19-/m1/s1. The Labute approximate surface area is 171 Å². The number of rotatable bonds is 4. The van der Waals surface area contributed by atoms with Gasteiger partial charge in [-0.3, -0.25) is 10.1 Å². The van der Waals surface area contributed by atoms with Crippen LogP contribution in [-0.4, -0.2) is 29.9 Å². The summed E-state index contributed by atoms with van der Waals surface area (Å²) in [4.78, 5) is 10.8. The van der Waals surface area contributed by atoms with E-state index in [9.17, 15) is 18.5 Å². The lowest BCUT2D eigenvalue weighted by molar-refractivity contribution is -0.384. The Morgan fingerprint density at radius 2 is 1.82 bits per heavy atom. The molecule has 1 heterocycles. The minimum absolute atomic E-state index is 0.0284. The average molecular weight is 435 g/mol. The summed E-state index contributed by atoms with van der Waals surface area (Å²) in [5, 5.41) is 12.5. The van der Waals surface area contributed by atoms with Gasteiger partial charge in [-0.25, -0.2) is 8.42 Å². The fourth-order valence-electron chi connectivity index (χ4n) is 3.25. The molecule has 0 bridgehead atoms. The third-order valence-electron chi connectivity index (χ3n) is 4.63. The Morgan fingerprint density at radius 3 is 2.57 bits per heavy atom. The van der Waals surface area contributed by atoms with Crippen molar-refractivity contribution in [2.75, 3.05) is 12.3 Å². The number of nitro benzene ring substituents is 1. The van der Waals surface area contributed by atoms with E-state index < -0.39 is 20.3 Å². The molecule has 0 amide bonds. The molecule has 1 aliphatic rings. The molecule has 0 N–H and O–H groups in total. The first-order valence-electron chi connectivity index (χ1n) is 8.44. The number of benzene rings is 3. The highest BCUT2D eigenvalue weighted by molar-refractivity contribution is 8.01. The molecule has 0 aromatic heterocycles. The first-order valence-corrected chi connectivity index (χ1v) is 11.3. The van der Waals surface area contributed by atoms with E-state index in [0.717, 1.165) is 10.8 Å². The summed E-state index contributed by atoms with van der Waals surface area (Å²) in [5.74, 6) is 0.605. The van der Waals surface area contributed by atoms with Gasteiger partial charge in [0.2, 0.25) is 10.0 Å². The summed E-state index contributed by atoms with van der Waals surface area (Å²) in [6.07, 6.45) is 0. The summed E-state index contributed by atoms with van der Waals surface area (Å²) in [7, 11) is -3.76. The number of thioether (sulfide) groups is 1. The smallest absolute Gasteiger partial charge is 0.258 e. The second kappa shape index (κ2) is 7.36. The minimum atomic E-state index is -3.76. The highest BCUT2D eigenvalue weighted by atomic mass is 35.5. The van der Waals surface area contributed by atoms with Gasteiger partial charge in [-0.15, -0.1) is 11.8 Å². The Hall–Kier alpha value is -2.13. The number of nitrogens with zero attached hydrogens (tertiary/aromatic N) is 2. The number of hydrogen-bond donors (Lipinski definition) is 0. The molecule has 3 aromatic rings. The van der Waals surface area contributed by atoms with E-state index in [1.54, 1.807) is 24.3 Å². The van der Waals surface area contributed by atoms with Crippen molar-refractivity contribution < 1.29 is 13.3 Å². The van der Waals surface area contributed by atoms with Crippen LogP contribution in [0.15, 0.2) is 65.6 Å². The maximum absolute atomic E-state index is 13.3. The lowest BCUT2D eigenvalue weighted by Crippen LogP contribution is -2.30. The van der Waals surface area contributed by atoms with E-state index in [0.29, 0.717) is 17.9 Å². The first-order chi connectivity index (χ1) is 13.4. The quantitative estimate of drug-likeness (QED) is 0.433. The molecular weight excluding hydrogens is 420 g/mol. The minimum Gasteiger partial charge on any atom is -0.258 e. The van der Waals surface area contributed by atoms with E-state index in [1.165, 1.54) is 28.2 Å². The van der Waals surface area contributed by atoms with Gasteiger partial charge in [-0.1, -0.05) is 48.0 Å². The number of nitro groups is 1. The van der Waals surface area contributed by atoms with Crippen LogP contribution >= 0.6 is 23.4 Å². The summed E-state index contributed by atoms with van der Waals surface area (Å²) in [6, 6.07) is 17.0. The van der Waals surface area contributed by atoms with Gasteiger partial charge in [-0.05, 0) is 34.5 Å². The molecule has 0 radical (unpaired) electrons. The van der Waals surface area contributed by atoms with Crippen molar-refractivity contribution in [1.82, 2.24) is 4.31 Å². The van der Waals surface area contributed by atoms with Gasteiger partial charge in [0.25, 0.3) is 5.69 Å². The molecule has 144 valence electrons. The van der Waals surface area contributed by atoms with Crippen molar-refractivity contribution in [3.8, 4) is 0 Å². The van der Waals surface area contributed by atoms with Crippen molar-refractivity contribution in [3.63, 3.8) is 0 Å². The van der Waals surface area contributed by atoms with E-state index in [2.05, 4.69) is 0 Å². The van der Waals surface area contributed by atoms with Crippen LogP contribution < -0.4 is 0 Å². The third kappa shape index (κ3) is 3.37. The highest BCUT2D eigenvalue weighted by Gasteiger charge is 2.37. The first kappa shape index (κ1) is 19.2. The van der Waals surface area contributed by atoms with Gasteiger partial charge in [0.15, 0.2) is 0 Å². The maximum atomic E-state index is 13.3. The fraction of sp³-hybridized carbons (Fsp3) is 0.158. The SMILES string of the molecule is O=[N+]([O-])c1cc([C@H]2SCCN2S(=O)(=O)c2ccc3ccccc3c2)ccc1Cl. The number of sulfonamides is 1. The van der Waals surface area contributed by atoms with Crippen molar-refractivity contribution >= 4 is 49.8 Å². The normalized spacial score (nSPS) is 17.8. The average Bonchev–Trinajstić information content (AvgIpc) is 3.18. The summed E-state index contributed by atoms with van der Waals surface area (Å²) in [5.41, 5.74) is 0.317. The van der Waals surface area contributed by atoms with Crippen molar-refractivity contribution in [3.05, 3.63) is 81.4 Å². The summed E-state index contributed by atoms with van der Waals surface area (Å²) in [6.45, 7) is 0.334. The van der Waals surface area contributed by atoms with Crippen LogP contribution in [0.25, 0.3) is 10.8 Å². The Bertz CT molecular complexity index is 1180. The zero-order valence-corrected chi connectivity index (χ0v) is 16.9. The molecule has 28 heavy (non-hydrogen) atoms. The monoisotopic (exact) mass is 434 g/mol. The van der Waals surface area contributed by atoms with Gasteiger partial charge in [0.05, 0.1) is 15.2 Å². The van der Waals surface area contributed by atoms with Gasteiger partial charge in [0, 0.05) is 18.4 Å². The van der Waals surface area contributed by atoms with Crippen LogP contribution in [0.3, 0.4) is 0 Å². The molecule has 9 heteroatoms. The van der Waals surface area contributed by atoms with Gasteiger partial charge < -0.3 is 0 Å². The van der Waals surface area contributed by atoms with Crippen molar-refractivity contribution in [2.45, 2.75) is 10.3 Å². The number of halogens is 1. The molecular formula is C19H15ClN2O4S2. The molecule has 6 nitrogen and oxygen atoms in total. The zero-order valence-electron chi connectivity index (χ0n) is 14.5.